The predicted molar refractivity (Wildman–Crippen MR) is 78.8 cm³/mol. The minimum atomic E-state index is -4.52. The number of hydrogen-bond donors (Lipinski definition) is 2. The number of alkyl halides is 3. The van der Waals surface area contributed by atoms with Crippen LogP contribution in [0.2, 0.25) is 0 Å². The van der Waals surface area contributed by atoms with Gasteiger partial charge in [0.05, 0.1) is 11.0 Å². The summed E-state index contributed by atoms with van der Waals surface area (Å²) < 4.78 is 62.3. The normalized spacial score (nSPS) is 17.7. The third-order valence-electron chi connectivity index (χ3n) is 3.63. The number of aliphatic hydroxyl groups is 1. The number of piperidine rings is 1. The SMILES string of the molecule is O=C(NCC(F)(F)F)c1ccc(S(=O)(=O)N2CCC(O)CC2)cc1. The van der Waals surface area contributed by atoms with E-state index in [0.29, 0.717) is 12.8 Å². The standard InChI is InChI=1S/C14H17F3N2O4S/c15-14(16,17)9-18-13(21)10-1-3-12(4-2-10)24(22,23)19-7-5-11(20)6-8-19/h1-4,11,20H,5-9H2,(H,18,21). The van der Waals surface area contributed by atoms with Crippen molar-refractivity contribution in [1.29, 1.82) is 0 Å². The zero-order valence-corrected chi connectivity index (χ0v) is 13.4. The molecule has 1 aliphatic rings. The first-order valence-electron chi connectivity index (χ1n) is 7.23. The van der Waals surface area contributed by atoms with Crippen LogP contribution in [-0.4, -0.2) is 55.7 Å². The molecular formula is C14H17F3N2O4S. The Balaban J connectivity index is 2.07. The Bertz CT molecular complexity index is 681. The van der Waals surface area contributed by atoms with Crippen LogP contribution in [0.5, 0.6) is 0 Å². The highest BCUT2D eigenvalue weighted by Crippen LogP contribution is 2.21. The molecule has 0 aromatic heterocycles. The summed E-state index contributed by atoms with van der Waals surface area (Å²) in [5.41, 5.74) is -0.0627. The molecule has 0 radical (unpaired) electrons. The van der Waals surface area contributed by atoms with Crippen LogP contribution in [-0.2, 0) is 10.0 Å². The van der Waals surface area contributed by atoms with Crippen LogP contribution in [0.4, 0.5) is 13.2 Å². The summed E-state index contributed by atoms with van der Waals surface area (Å²) >= 11 is 0. The van der Waals surface area contributed by atoms with Crippen LogP contribution < -0.4 is 5.32 Å². The molecular weight excluding hydrogens is 349 g/mol. The van der Waals surface area contributed by atoms with Gasteiger partial charge in [0, 0.05) is 18.7 Å². The summed E-state index contributed by atoms with van der Waals surface area (Å²) in [6, 6.07) is 4.69. The van der Waals surface area contributed by atoms with Crippen molar-refractivity contribution in [3.05, 3.63) is 29.8 Å². The van der Waals surface area contributed by atoms with Crippen molar-refractivity contribution < 1.29 is 31.5 Å². The molecule has 24 heavy (non-hydrogen) atoms. The van der Waals surface area contributed by atoms with Crippen molar-refractivity contribution in [2.75, 3.05) is 19.6 Å². The highest BCUT2D eigenvalue weighted by molar-refractivity contribution is 7.89. The second kappa shape index (κ2) is 7.08. The Morgan fingerprint density at radius 2 is 1.75 bits per heavy atom. The van der Waals surface area contributed by atoms with E-state index in [2.05, 4.69) is 0 Å². The summed E-state index contributed by atoms with van der Waals surface area (Å²) in [6.07, 6.45) is -4.34. The largest absolute Gasteiger partial charge is 0.405 e. The Labute approximate surface area is 137 Å². The van der Waals surface area contributed by atoms with Gasteiger partial charge in [-0.2, -0.15) is 17.5 Å². The smallest absolute Gasteiger partial charge is 0.393 e. The number of nitrogens with zero attached hydrogens (tertiary/aromatic N) is 1. The Hall–Kier alpha value is -1.65. The van der Waals surface area contributed by atoms with Crippen LogP contribution in [0.1, 0.15) is 23.2 Å². The first-order chi connectivity index (χ1) is 11.1. The molecule has 1 aromatic carbocycles. The Morgan fingerprint density at radius 1 is 1.21 bits per heavy atom. The van der Waals surface area contributed by atoms with Crippen molar-refractivity contribution in [1.82, 2.24) is 9.62 Å². The van der Waals surface area contributed by atoms with E-state index in [1.165, 1.54) is 16.4 Å². The molecule has 0 spiro atoms. The second-order valence-electron chi connectivity index (χ2n) is 5.46. The number of rotatable bonds is 4. The van der Waals surface area contributed by atoms with Gasteiger partial charge in [0.1, 0.15) is 6.54 Å². The lowest BCUT2D eigenvalue weighted by molar-refractivity contribution is -0.123. The van der Waals surface area contributed by atoms with Crippen molar-refractivity contribution in [2.24, 2.45) is 0 Å². The highest BCUT2D eigenvalue weighted by atomic mass is 32.2. The quantitative estimate of drug-likeness (QED) is 0.836. The lowest BCUT2D eigenvalue weighted by Gasteiger charge is -2.28. The van der Waals surface area contributed by atoms with Crippen molar-refractivity contribution in [3.8, 4) is 0 Å². The van der Waals surface area contributed by atoms with Gasteiger partial charge in [0.2, 0.25) is 10.0 Å². The van der Waals surface area contributed by atoms with Crippen LogP contribution in [0, 0.1) is 0 Å². The summed E-state index contributed by atoms with van der Waals surface area (Å²) in [4.78, 5) is 11.5. The van der Waals surface area contributed by atoms with E-state index in [-0.39, 0.29) is 23.5 Å². The lowest BCUT2D eigenvalue weighted by atomic mass is 10.1. The number of sulfonamides is 1. The Kier molecular flexibility index (Phi) is 5.51. The molecule has 10 heteroatoms. The van der Waals surface area contributed by atoms with Gasteiger partial charge in [-0.25, -0.2) is 8.42 Å². The van der Waals surface area contributed by atoms with Crippen molar-refractivity contribution >= 4 is 15.9 Å². The number of benzene rings is 1. The van der Waals surface area contributed by atoms with Crippen LogP contribution in [0.25, 0.3) is 0 Å². The van der Waals surface area contributed by atoms with Gasteiger partial charge in [-0.05, 0) is 37.1 Å². The monoisotopic (exact) mass is 366 g/mol. The molecule has 0 bridgehead atoms. The molecule has 0 atom stereocenters. The van der Waals surface area contributed by atoms with E-state index < -0.39 is 34.8 Å². The van der Waals surface area contributed by atoms with Crippen LogP contribution in [0.15, 0.2) is 29.2 Å². The molecule has 0 unspecified atom stereocenters. The molecule has 1 amide bonds. The average Bonchev–Trinajstić information content (AvgIpc) is 2.52. The number of carbonyl (C=O) groups is 1. The molecule has 1 aromatic rings. The second-order valence-corrected chi connectivity index (χ2v) is 7.40. The van der Waals surface area contributed by atoms with Gasteiger partial charge in [-0.3, -0.25) is 4.79 Å². The zero-order valence-electron chi connectivity index (χ0n) is 12.6. The number of amides is 1. The molecule has 134 valence electrons. The van der Waals surface area contributed by atoms with E-state index in [9.17, 15) is 31.5 Å². The number of carbonyl (C=O) groups excluding carboxylic acids is 1. The van der Waals surface area contributed by atoms with E-state index in [1.54, 1.807) is 5.32 Å². The summed E-state index contributed by atoms with van der Waals surface area (Å²) in [6.45, 7) is -1.07. The average molecular weight is 366 g/mol. The maximum atomic E-state index is 12.4. The molecule has 0 saturated carbocycles. The number of hydrogen-bond acceptors (Lipinski definition) is 4. The molecule has 2 N–H and O–H groups in total. The van der Waals surface area contributed by atoms with Crippen molar-refractivity contribution in [2.45, 2.75) is 30.0 Å². The zero-order chi connectivity index (χ0) is 18.0. The third kappa shape index (κ3) is 4.68. The van der Waals surface area contributed by atoms with Crippen molar-refractivity contribution in [3.63, 3.8) is 0 Å². The molecule has 2 rings (SSSR count). The highest BCUT2D eigenvalue weighted by Gasteiger charge is 2.29. The first-order valence-corrected chi connectivity index (χ1v) is 8.67. The fourth-order valence-electron chi connectivity index (χ4n) is 2.29. The number of halogens is 3. The summed E-state index contributed by atoms with van der Waals surface area (Å²) in [5, 5.41) is 11.1. The molecule has 1 aliphatic heterocycles. The molecule has 1 saturated heterocycles. The minimum absolute atomic E-state index is 0.0498. The molecule has 0 aliphatic carbocycles. The minimum Gasteiger partial charge on any atom is -0.393 e. The molecule has 1 heterocycles. The fraction of sp³-hybridized carbons (Fsp3) is 0.500. The van der Waals surface area contributed by atoms with Gasteiger partial charge in [-0.15, -0.1) is 0 Å². The van der Waals surface area contributed by atoms with Gasteiger partial charge >= 0.3 is 6.18 Å². The van der Waals surface area contributed by atoms with Gasteiger partial charge < -0.3 is 10.4 Å². The number of aliphatic hydroxyl groups excluding tert-OH is 1. The van der Waals surface area contributed by atoms with E-state index in [0.717, 1.165) is 12.1 Å². The topological polar surface area (TPSA) is 86.7 Å². The number of nitrogens with one attached hydrogen (secondary N) is 1. The van der Waals surface area contributed by atoms with Crippen LogP contribution >= 0.6 is 0 Å². The predicted octanol–water partition coefficient (Wildman–Crippen LogP) is 1.12. The summed E-state index contributed by atoms with van der Waals surface area (Å²) in [5.74, 6) is -0.933. The third-order valence-corrected chi connectivity index (χ3v) is 5.54. The Morgan fingerprint density at radius 3 is 2.25 bits per heavy atom. The van der Waals surface area contributed by atoms with Crippen LogP contribution in [0.3, 0.4) is 0 Å². The van der Waals surface area contributed by atoms with Gasteiger partial charge in [-0.1, -0.05) is 0 Å². The maximum Gasteiger partial charge on any atom is 0.405 e. The van der Waals surface area contributed by atoms with E-state index in [1.807, 2.05) is 0 Å². The van der Waals surface area contributed by atoms with E-state index in [4.69, 9.17) is 0 Å². The van der Waals surface area contributed by atoms with E-state index >= 15 is 0 Å². The fourth-order valence-corrected chi connectivity index (χ4v) is 3.76. The summed E-state index contributed by atoms with van der Waals surface area (Å²) in [7, 11) is -3.75. The maximum absolute atomic E-state index is 12.4. The van der Waals surface area contributed by atoms with Gasteiger partial charge in [0.25, 0.3) is 5.91 Å². The lowest BCUT2D eigenvalue weighted by Crippen LogP contribution is -2.40. The van der Waals surface area contributed by atoms with Gasteiger partial charge in [0.15, 0.2) is 0 Å². The molecule has 6 nitrogen and oxygen atoms in total. The molecule has 1 fully saturated rings. The first kappa shape index (κ1) is 18.7.